The quantitative estimate of drug-likeness (QED) is 0.270. The second-order valence-electron chi connectivity index (χ2n) is 9.43. The summed E-state index contributed by atoms with van der Waals surface area (Å²) in [5.41, 5.74) is 3.98. The SMILES string of the molecule is OC[C@@H]1N=C(c2ccccc2[Se][Se]c2ccccc2C2=N[C@@H](CO)[C@H](c3ccccc3)O2)O[C@H]1c1ccccc1. The van der Waals surface area contributed by atoms with E-state index in [2.05, 4.69) is 36.4 Å². The van der Waals surface area contributed by atoms with Crippen LogP contribution in [-0.2, 0) is 9.47 Å². The van der Waals surface area contributed by atoms with Crippen molar-refractivity contribution in [2.24, 2.45) is 9.98 Å². The molecule has 40 heavy (non-hydrogen) atoms. The first-order chi connectivity index (χ1) is 19.7. The fourth-order valence-electron chi connectivity index (χ4n) is 4.82. The maximum atomic E-state index is 10.0. The summed E-state index contributed by atoms with van der Waals surface area (Å²) >= 11 is 0.249. The molecule has 4 aromatic rings. The summed E-state index contributed by atoms with van der Waals surface area (Å²) in [7, 11) is 0. The normalized spacial score (nSPS) is 21.9. The Morgan fingerprint density at radius 3 is 1.30 bits per heavy atom. The molecule has 0 aliphatic carbocycles. The molecule has 0 aromatic heterocycles. The molecule has 0 fully saturated rings. The fraction of sp³-hybridized carbons (Fsp3) is 0.188. The number of rotatable bonds is 9. The molecule has 6 nitrogen and oxygen atoms in total. The first-order valence-corrected chi connectivity index (χ1v) is 19.1. The van der Waals surface area contributed by atoms with E-state index in [1.807, 2.05) is 72.8 Å². The first kappa shape index (κ1) is 27.0. The van der Waals surface area contributed by atoms with Gasteiger partial charge in [-0.25, -0.2) is 0 Å². The predicted molar refractivity (Wildman–Crippen MR) is 159 cm³/mol. The van der Waals surface area contributed by atoms with Crippen LogP contribution in [0.4, 0.5) is 0 Å². The molecule has 8 heteroatoms. The van der Waals surface area contributed by atoms with Gasteiger partial charge in [0, 0.05) is 0 Å². The third kappa shape index (κ3) is 5.65. The van der Waals surface area contributed by atoms with Crippen molar-refractivity contribution < 1.29 is 19.7 Å². The van der Waals surface area contributed by atoms with Crippen LogP contribution < -0.4 is 8.92 Å². The molecule has 202 valence electrons. The van der Waals surface area contributed by atoms with Gasteiger partial charge in [-0.3, -0.25) is 0 Å². The molecule has 0 amide bonds. The number of aliphatic hydroxyl groups excluding tert-OH is 2. The molecular formula is C32H28N2O4Se2. The van der Waals surface area contributed by atoms with Crippen molar-refractivity contribution in [3.8, 4) is 0 Å². The van der Waals surface area contributed by atoms with Crippen molar-refractivity contribution in [3.63, 3.8) is 0 Å². The number of benzene rings is 4. The van der Waals surface area contributed by atoms with E-state index in [1.54, 1.807) is 0 Å². The van der Waals surface area contributed by atoms with Crippen LogP contribution in [-0.4, -0.2) is 73.6 Å². The Morgan fingerprint density at radius 2 is 0.900 bits per heavy atom. The van der Waals surface area contributed by atoms with Gasteiger partial charge in [0.25, 0.3) is 0 Å². The van der Waals surface area contributed by atoms with Crippen LogP contribution in [0.15, 0.2) is 119 Å². The Kier molecular flexibility index (Phi) is 8.45. The van der Waals surface area contributed by atoms with Crippen LogP contribution in [0.25, 0.3) is 0 Å². The van der Waals surface area contributed by atoms with E-state index in [4.69, 9.17) is 19.5 Å². The summed E-state index contributed by atoms with van der Waals surface area (Å²) in [4.78, 5) is 9.57. The van der Waals surface area contributed by atoms with Gasteiger partial charge in [-0.1, -0.05) is 0 Å². The van der Waals surface area contributed by atoms with Gasteiger partial charge < -0.3 is 0 Å². The third-order valence-corrected chi connectivity index (χ3v) is 14.1. The summed E-state index contributed by atoms with van der Waals surface area (Å²) < 4.78 is 15.1. The average Bonchev–Trinajstić information content (AvgIpc) is 3.66. The van der Waals surface area contributed by atoms with Gasteiger partial charge in [0.1, 0.15) is 0 Å². The zero-order valence-electron chi connectivity index (χ0n) is 21.5. The van der Waals surface area contributed by atoms with Gasteiger partial charge >= 0.3 is 246 Å². The molecule has 0 saturated carbocycles. The van der Waals surface area contributed by atoms with Crippen LogP contribution in [0, 0.1) is 0 Å². The van der Waals surface area contributed by atoms with Crippen molar-refractivity contribution in [1.82, 2.24) is 0 Å². The molecule has 4 aromatic carbocycles. The van der Waals surface area contributed by atoms with E-state index in [1.165, 1.54) is 8.92 Å². The molecule has 0 saturated heterocycles. The Labute approximate surface area is 244 Å². The molecule has 6 rings (SSSR count). The summed E-state index contributed by atoms with van der Waals surface area (Å²) in [5, 5.41) is 20.1. The zero-order valence-corrected chi connectivity index (χ0v) is 25.0. The second-order valence-corrected chi connectivity index (χ2v) is 15.6. The van der Waals surface area contributed by atoms with E-state index in [0.717, 1.165) is 22.3 Å². The third-order valence-electron chi connectivity index (χ3n) is 6.83. The maximum absolute atomic E-state index is 10.0. The van der Waals surface area contributed by atoms with Gasteiger partial charge in [-0.2, -0.15) is 0 Å². The predicted octanol–water partition coefficient (Wildman–Crippen LogP) is 2.72. The fourth-order valence-corrected chi connectivity index (χ4v) is 11.9. The molecule has 4 atom stereocenters. The second kappa shape index (κ2) is 12.5. The monoisotopic (exact) mass is 664 g/mol. The van der Waals surface area contributed by atoms with Crippen molar-refractivity contribution in [2.75, 3.05) is 13.2 Å². The average molecular weight is 663 g/mol. The number of nitrogens with zero attached hydrogens (tertiary/aromatic N) is 2. The topological polar surface area (TPSA) is 83.6 Å². The molecule has 2 N–H and O–H groups in total. The molecule has 2 aliphatic heterocycles. The van der Waals surface area contributed by atoms with Gasteiger partial charge in [-0.05, 0) is 0 Å². The van der Waals surface area contributed by atoms with E-state index in [-0.39, 0.29) is 63.8 Å². The number of aliphatic imine (C=N–C) groups is 2. The van der Waals surface area contributed by atoms with Crippen LogP contribution in [0.1, 0.15) is 34.5 Å². The molecule has 0 radical (unpaired) electrons. The van der Waals surface area contributed by atoms with Crippen LogP contribution in [0.2, 0.25) is 0 Å². The standard InChI is InChI=1S/C32H28N2O4Se2/c35-19-25-29(21-11-3-1-4-12-21)37-31(33-25)23-15-7-9-17-27(23)39-40-28-18-10-8-16-24(28)32-34-26(20-36)30(38-32)22-13-5-2-6-14-22/h1-18,25-26,29-30,35-36H,19-20H2/t25-,26-,29-,30-/m0/s1. The number of aliphatic hydroxyl groups is 2. The summed E-state index contributed by atoms with van der Waals surface area (Å²) in [6, 6.07) is 35.8. The Morgan fingerprint density at radius 1 is 0.525 bits per heavy atom. The van der Waals surface area contributed by atoms with Crippen LogP contribution in [0.3, 0.4) is 0 Å². The molecule has 2 heterocycles. The van der Waals surface area contributed by atoms with Crippen LogP contribution >= 0.6 is 0 Å². The van der Waals surface area contributed by atoms with Crippen LogP contribution in [0.5, 0.6) is 0 Å². The zero-order chi connectivity index (χ0) is 27.3. The van der Waals surface area contributed by atoms with Gasteiger partial charge in [0.05, 0.1) is 0 Å². The van der Waals surface area contributed by atoms with Crippen molar-refractivity contribution in [3.05, 3.63) is 131 Å². The van der Waals surface area contributed by atoms with E-state index < -0.39 is 0 Å². The van der Waals surface area contributed by atoms with Crippen molar-refractivity contribution >= 4 is 47.0 Å². The minimum atomic E-state index is -0.334. The van der Waals surface area contributed by atoms with Gasteiger partial charge in [0.2, 0.25) is 0 Å². The molecule has 2 aliphatic rings. The number of hydrogen-bond donors (Lipinski definition) is 2. The summed E-state index contributed by atoms with van der Waals surface area (Å²) in [5.74, 6) is 1.18. The summed E-state index contributed by atoms with van der Waals surface area (Å²) in [6.45, 7) is -0.150. The Hall–Kier alpha value is -3.22. The molecule has 0 spiro atoms. The number of hydrogen-bond acceptors (Lipinski definition) is 6. The first-order valence-electron chi connectivity index (χ1n) is 13.1. The Bertz CT molecular complexity index is 1400. The van der Waals surface area contributed by atoms with Gasteiger partial charge in [-0.15, -0.1) is 0 Å². The molecular weight excluding hydrogens is 634 g/mol. The Balaban J connectivity index is 1.22. The van der Waals surface area contributed by atoms with E-state index in [0.29, 0.717) is 11.8 Å². The minimum absolute atomic E-state index is 0.0748. The van der Waals surface area contributed by atoms with E-state index >= 15 is 0 Å². The molecule has 0 bridgehead atoms. The summed E-state index contributed by atoms with van der Waals surface area (Å²) in [6.07, 6.45) is -0.606. The van der Waals surface area contributed by atoms with Crippen molar-refractivity contribution in [1.29, 1.82) is 0 Å². The molecule has 0 unspecified atom stereocenters. The number of ether oxygens (including phenoxy) is 2. The van der Waals surface area contributed by atoms with Gasteiger partial charge in [0.15, 0.2) is 0 Å². The van der Waals surface area contributed by atoms with E-state index in [9.17, 15) is 10.2 Å². The van der Waals surface area contributed by atoms with Crippen molar-refractivity contribution in [2.45, 2.75) is 24.3 Å².